The largest absolute Gasteiger partial charge is 0.436 e. The van der Waals surface area contributed by atoms with Crippen LogP contribution in [0, 0.1) is 5.92 Å². The van der Waals surface area contributed by atoms with Crippen molar-refractivity contribution in [3.05, 3.63) is 0 Å². The Morgan fingerprint density at radius 3 is 2.92 bits per heavy atom. The van der Waals surface area contributed by atoms with E-state index in [1.54, 1.807) is 0 Å². The molecule has 0 aromatic rings. The van der Waals surface area contributed by atoms with Gasteiger partial charge in [0.25, 0.3) is 0 Å². The van der Waals surface area contributed by atoms with Gasteiger partial charge >= 0.3 is 5.97 Å². The fourth-order valence-electron chi connectivity index (χ4n) is 1.22. The summed E-state index contributed by atoms with van der Waals surface area (Å²) in [6, 6.07) is 0. The molecule has 0 aromatic carbocycles. The lowest BCUT2D eigenvalue weighted by Gasteiger charge is -2.23. The minimum Gasteiger partial charge on any atom is -0.436 e. The fraction of sp³-hybridized carbons (Fsp3) is 0.900. The van der Waals surface area contributed by atoms with E-state index < -0.39 is 0 Å². The van der Waals surface area contributed by atoms with Gasteiger partial charge in [0.05, 0.1) is 12.5 Å². The number of hydrogen-bond acceptors (Lipinski definition) is 3. The van der Waals surface area contributed by atoms with Gasteiger partial charge in [-0.2, -0.15) is 0 Å². The Morgan fingerprint density at radius 1 is 1.62 bits per heavy atom. The summed E-state index contributed by atoms with van der Waals surface area (Å²) in [5, 5.41) is 0. The van der Waals surface area contributed by atoms with Gasteiger partial charge in [-0.3, -0.25) is 4.79 Å². The predicted octanol–water partition coefficient (Wildman–Crippen LogP) is 2.10. The van der Waals surface area contributed by atoms with Gasteiger partial charge in [-0.05, 0) is 19.3 Å². The minimum atomic E-state index is -0.282. The van der Waals surface area contributed by atoms with E-state index in [1.165, 1.54) is 0 Å². The zero-order chi connectivity index (χ0) is 9.68. The molecule has 1 heterocycles. The van der Waals surface area contributed by atoms with Crippen LogP contribution < -0.4 is 0 Å². The van der Waals surface area contributed by atoms with Crippen LogP contribution in [0.2, 0.25) is 0 Å². The molecule has 1 fully saturated rings. The Morgan fingerprint density at radius 2 is 2.38 bits per heavy atom. The summed E-state index contributed by atoms with van der Waals surface area (Å²) in [6.45, 7) is 4.58. The first-order chi connectivity index (χ1) is 6.24. The summed E-state index contributed by atoms with van der Waals surface area (Å²) in [5.41, 5.74) is 0. The molecule has 1 saturated heterocycles. The van der Waals surface area contributed by atoms with Gasteiger partial charge in [-0.15, -0.1) is 0 Å². The third kappa shape index (κ3) is 3.35. The molecule has 76 valence electrons. The second-order valence-electron chi connectivity index (χ2n) is 3.54. The van der Waals surface area contributed by atoms with Gasteiger partial charge < -0.3 is 9.47 Å². The van der Waals surface area contributed by atoms with Gasteiger partial charge in [0.2, 0.25) is 6.29 Å². The van der Waals surface area contributed by atoms with Crippen LogP contribution >= 0.6 is 0 Å². The van der Waals surface area contributed by atoms with E-state index in [9.17, 15) is 4.79 Å². The van der Waals surface area contributed by atoms with Gasteiger partial charge in [-0.25, -0.2) is 0 Å². The molecule has 2 unspecified atom stereocenters. The van der Waals surface area contributed by atoms with E-state index in [-0.39, 0.29) is 18.2 Å². The summed E-state index contributed by atoms with van der Waals surface area (Å²) >= 11 is 0. The van der Waals surface area contributed by atoms with Crippen molar-refractivity contribution in [3.63, 3.8) is 0 Å². The third-order valence-corrected chi connectivity index (χ3v) is 2.40. The summed E-state index contributed by atoms with van der Waals surface area (Å²) in [7, 11) is 0. The lowest BCUT2D eigenvalue weighted by molar-refractivity contribution is -0.190. The lowest BCUT2D eigenvalue weighted by Crippen LogP contribution is -2.27. The van der Waals surface area contributed by atoms with E-state index >= 15 is 0 Å². The standard InChI is InChI=1S/C10H18O3/c1-3-8(2)10(11)13-9-6-4-5-7-12-9/h8-9H,3-7H2,1-2H3. The highest BCUT2D eigenvalue weighted by molar-refractivity contribution is 5.71. The topological polar surface area (TPSA) is 35.5 Å². The molecule has 0 spiro atoms. The van der Waals surface area contributed by atoms with E-state index in [0.717, 1.165) is 32.3 Å². The van der Waals surface area contributed by atoms with Gasteiger partial charge in [0, 0.05) is 6.42 Å². The zero-order valence-corrected chi connectivity index (χ0v) is 8.41. The molecular formula is C10H18O3. The number of carbonyl (C=O) groups is 1. The molecule has 0 aromatic heterocycles. The van der Waals surface area contributed by atoms with E-state index in [2.05, 4.69) is 0 Å². The van der Waals surface area contributed by atoms with Crippen LogP contribution in [0.5, 0.6) is 0 Å². The first kappa shape index (κ1) is 10.5. The lowest BCUT2D eigenvalue weighted by atomic mass is 10.1. The highest BCUT2D eigenvalue weighted by Gasteiger charge is 2.20. The summed E-state index contributed by atoms with van der Waals surface area (Å²) in [4.78, 5) is 11.3. The Hall–Kier alpha value is -0.570. The fourth-order valence-corrected chi connectivity index (χ4v) is 1.22. The van der Waals surface area contributed by atoms with Crippen molar-refractivity contribution in [2.24, 2.45) is 5.92 Å². The molecular weight excluding hydrogens is 168 g/mol. The summed E-state index contributed by atoms with van der Waals surface area (Å²) in [5.74, 6) is -0.139. The number of esters is 1. The van der Waals surface area contributed by atoms with Crippen LogP contribution in [0.1, 0.15) is 39.5 Å². The number of rotatable bonds is 3. The molecule has 0 N–H and O–H groups in total. The van der Waals surface area contributed by atoms with Crippen molar-refractivity contribution in [1.29, 1.82) is 0 Å². The van der Waals surface area contributed by atoms with Crippen LogP contribution in [-0.2, 0) is 14.3 Å². The Bertz CT molecular complexity index is 162. The normalized spacial score (nSPS) is 25.2. The maximum Gasteiger partial charge on any atom is 0.310 e. The van der Waals surface area contributed by atoms with Gasteiger partial charge in [0.15, 0.2) is 0 Å². The maximum atomic E-state index is 11.3. The van der Waals surface area contributed by atoms with Crippen molar-refractivity contribution in [2.75, 3.05) is 6.61 Å². The summed E-state index contributed by atoms with van der Waals surface area (Å²) < 4.78 is 10.5. The Kier molecular flexibility index (Phi) is 4.22. The first-order valence-electron chi connectivity index (χ1n) is 5.06. The van der Waals surface area contributed by atoms with Crippen molar-refractivity contribution < 1.29 is 14.3 Å². The number of carbonyl (C=O) groups excluding carboxylic acids is 1. The van der Waals surface area contributed by atoms with Crippen molar-refractivity contribution in [2.45, 2.75) is 45.8 Å². The Labute approximate surface area is 79.4 Å². The smallest absolute Gasteiger partial charge is 0.310 e. The molecule has 0 radical (unpaired) electrons. The quantitative estimate of drug-likeness (QED) is 0.633. The van der Waals surface area contributed by atoms with Crippen LogP contribution in [0.4, 0.5) is 0 Å². The van der Waals surface area contributed by atoms with Crippen LogP contribution in [0.3, 0.4) is 0 Å². The molecule has 3 nitrogen and oxygen atoms in total. The molecule has 13 heavy (non-hydrogen) atoms. The minimum absolute atomic E-state index is 0.00877. The van der Waals surface area contributed by atoms with Crippen LogP contribution in [0.25, 0.3) is 0 Å². The SMILES string of the molecule is CCC(C)C(=O)OC1CCCCO1. The molecule has 1 rings (SSSR count). The molecule has 0 amide bonds. The highest BCUT2D eigenvalue weighted by Crippen LogP contribution is 2.15. The molecule has 0 bridgehead atoms. The molecule has 3 heteroatoms. The summed E-state index contributed by atoms with van der Waals surface area (Å²) in [6.07, 6.45) is 3.57. The second-order valence-corrected chi connectivity index (χ2v) is 3.54. The number of hydrogen-bond donors (Lipinski definition) is 0. The van der Waals surface area contributed by atoms with E-state index in [1.807, 2.05) is 13.8 Å². The molecule has 0 saturated carbocycles. The molecule has 1 aliphatic rings. The van der Waals surface area contributed by atoms with Crippen molar-refractivity contribution >= 4 is 5.97 Å². The van der Waals surface area contributed by atoms with Crippen molar-refractivity contribution in [1.82, 2.24) is 0 Å². The molecule has 0 aliphatic carbocycles. The Balaban J connectivity index is 2.26. The van der Waals surface area contributed by atoms with Gasteiger partial charge in [-0.1, -0.05) is 13.8 Å². The van der Waals surface area contributed by atoms with Crippen molar-refractivity contribution in [3.8, 4) is 0 Å². The zero-order valence-electron chi connectivity index (χ0n) is 8.41. The van der Waals surface area contributed by atoms with E-state index in [4.69, 9.17) is 9.47 Å². The number of ether oxygens (including phenoxy) is 2. The second kappa shape index (κ2) is 5.22. The monoisotopic (exact) mass is 186 g/mol. The van der Waals surface area contributed by atoms with Crippen LogP contribution in [0.15, 0.2) is 0 Å². The highest BCUT2D eigenvalue weighted by atomic mass is 16.7. The average molecular weight is 186 g/mol. The molecule has 1 aliphatic heterocycles. The first-order valence-corrected chi connectivity index (χ1v) is 5.06. The van der Waals surface area contributed by atoms with Crippen LogP contribution in [-0.4, -0.2) is 18.9 Å². The predicted molar refractivity (Wildman–Crippen MR) is 49.1 cm³/mol. The van der Waals surface area contributed by atoms with Gasteiger partial charge in [0.1, 0.15) is 0 Å². The average Bonchev–Trinajstić information content (AvgIpc) is 2.18. The third-order valence-electron chi connectivity index (χ3n) is 2.40. The maximum absolute atomic E-state index is 11.3. The van der Waals surface area contributed by atoms with E-state index in [0.29, 0.717) is 0 Å². The molecule has 2 atom stereocenters.